The number of rotatable bonds is 3. The van der Waals surface area contributed by atoms with Crippen molar-refractivity contribution in [3.8, 4) is 5.75 Å². The molecular formula is C32H37OP. The minimum Gasteiger partial charge on any atom is -0.508 e. The topological polar surface area (TPSA) is 20.2 Å². The van der Waals surface area contributed by atoms with Crippen LogP contribution in [0.3, 0.4) is 0 Å². The summed E-state index contributed by atoms with van der Waals surface area (Å²) < 4.78 is 0. The second-order valence-electron chi connectivity index (χ2n) is 9.22. The first-order valence-corrected chi connectivity index (χ1v) is 13.2. The van der Waals surface area contributed by atoms with Gasteiger partial charge in [0.15, 0.2) is 0 Å². The molecule has 1 nitrogen and oxygen atoms in total. The van der Waals surface area contributed by atoms with Crippen LogP contribution in [-0.2, 0) is 0 Å². The summed E-state index contributed by atoms with van der Waals surface area (Å²) in [6.45, 7) is 17.9. The molecule has 0 aliphatic heterocycles. The number of hydrogen-bond acceptors (Lipinski definition) is 1. The van der Waals surface area contributed by atoms with E-state index in [1.807, 2.05) is 48.5 Å². The van der Waals surface area contributed by atoms with Gasteiger partial charge in [-0.1, -0.05) is 60.7 Å². The molecule has 0 radical (unpaired) electrons. The molecular weight excluding hydrogens is 431 g/mol. The van der Waals surface area contributed by atoms with E-state index in [1.165, 1.54) is 60.4 Å². The van der Waals surface area contributed by atoms with Gasteiger partial charge in [-0.15, -0.1) is 0 Å². The number of hydrogen-bond donors (Lipinski definition) is 1. The molecule has 4 aromatic carbocycles. The van der Waals surface area contributed by atoms with Gasteiger partial charge in [-0.05, 0) is 136 Å². The molecule has 0 aliphatic carbocycles. The zero-order valence-electron chi connectivity index (χ0n) is 21.8. The van der Waals surface area contributed by atoms with E-state index in [0.717, 1.165) is 0 Å². The van der Waals surface area contributed by atoms with E-state index in [0.29, 0.717) is 5.75 Å². The molecule has 0 saturated heterocycles. The standard InChI is InChI=1S/C26H31OP.C6H6/c1-15-13-17(3)25(21(7)19(15)5)28(24-11-9-23(27)10-12-24)26-18(4)14-16(2)20(6)22(26)8;1-2-4-6-5-3-1/h9-14,27H,1-8H3;1-6H. The highest BCUT2D eigenvalue weighted by atomic mass is 31.1. The Morgan fingerprint density at radius 2 is 0.824 bits per heavy atom. The van der Waals surface area contributed by atoms with E-state index >= 15 is 0 Å². The maximum absolute atomic E-state index is 9.87. The third-order valence-electron chi connectivity index (χ3n) is 6.85. The number of phenols is 1. The van der Waals surface area contributed by atoms with Crippen LogP contribution in [-0.4, -0.2) is 5.11 Å². The van der Waals surface area contributed by atoms with Crippen LogP contribution in [0.15, 0.2) is 72.8 Å². The van der Waals surface area contributed by atoms with Crippen molar-refractivity contribution in [3.05, 3.63) is 117 Å². The summed E-state index contributed by atoms with van der Waals surface area (Å²) in [5.41, 5.74) is 11.0. The Hall–Kier alpha value is -2.89. The Labute approximate surface area is 207 Å². The van der Waals surface area contributed by atoms with Crippen LogP contribution in [0.25, 0.3) is 0 Å². The van der Waals surface area contributed by atoms with Gasteiger partial charge in [0.2, 0.25) is 0 Å². The van der Waals surface area contributed by atoms with Crippen molar-refractivity contribution in [2.24, 2.45) is 0 Å². The van der Waals surface area contributed by atoms with Gasteiger partial charge < -0.3 is 5.11 Å². The van der Waals surface area contributed by atoms with Gasteiger partial charge in [-0.2, -0.15) is 0 Å². The Balaban J connectivity index is 0.000000469. The number of aromatic hydroxyl groups is 1. The second kappa shape index (κ2) is 11.0. The monoisotopic (exact) mass is 468 g/mol. The lowest BCUT2D eigenvalue weighted by molar-refractivity contribution is 0.475. The first-order valence-electron chi connectivity index (χ1n) is 11.9. The average Bonchev–Trinajstić information content (AvgIpc) is 2.82. The molecule has 0 aromatic heterocycles. The Morgan fingerprint density at radius 1 is 0.471 bits per heavy atom. The maximum Gasteiger partial charge on any atom is 0.115 e. The van der Waals surface area contributed by atoms with E-state index in [4.69, 9.17) is 0 Å². The molecule has 2 heteroatoms. The van der Waals surface area contributed by atoms with Crippen molar-refractivity contribution < 1.29 is 5.11 Å². The highest BCUT2D eigenvalue weighted by Crippen LogP contribution is 2.40. The molecule has 0 amide bonds. The van der Waals surface area contributed by atoms with Gasteiger partial charge in [-0.25, -0.2) is 0 Å². The van der Waals surface area contributed by atoms with Crippen LogP contribution in [0.4, 0.5) is 0 Å². The van der Waals surface area contributed by atoms with Gasteiger partial charge in [0.05, 0.1) is 0 Å². The van der Waals surface area contributed by atoms with Crippen LogP contribution >= 0.6 is 7.92 Å². The lowest BCUT2D eigenvalue weighted by atomic mass is 10.0. The van der Waals surface area contributed by atoms with E-state index in [9.17, 15) is 5.11 Å². The molecule has 4 rings (SSSR count). The molecule has 0 saturated carbocycles. The summed E-state index contributed by atoms with van der Waals surface area (Å²) in [6.07, 6.45) is 0. The zero-order valence-corrected chi connectivity index (χ0v) is 22.7. The molecule has 34 heavy (non-hydrogen) atoms. The van der Waals surface area contributed by atoms with E-state index in [2.05, 4.69) is 79.7 Å². The maximum atomic E-state index is 9.87. The normalized spacial score (nSPS) is 10.7. The van der Waals surface area contributed by atoms with E-state index in [1.54, 1.807) is 0 Å². The first kappa shape index (κ1) is 25.7. The van der Waals surface area contributed by atoms with Gasteiger partial charge in [-0.3, -0.25) is 0 Å². The third-order valence-corrected chi connectivity index (χ3v) is 9.94. The fourth-order valence-electron chi connectivity index (χ4n) is 4.59. The highest BCUT2D eigenvalue weighted by Gasteiger charge is 2.26. The predicted octanol–water partition coefficient (Wildman–Crippen LogP) is 7.30. The summed E-state index contributed by atoms with van der Waals surface area (Å²) in [7, 11) is -0.710. The molecule has 0 spiro atoms. The van der Waals surface area contributed by atoms with Crippen molar-refractivity contribution in [1.82, 2.24) is 0 Å². The fourth-order valence-corrected chi connectivity index (χ4v) is 7.61. The molecule has 176 valence electrons. The minimum atomic E-state index is -0.710. The van der Waals surface area contributed by atoms with Gasteiger partial charge in [0.1, 0.15) is 5.75 Å². The van der Waals surface area contributed by atoms with E-state index in [-0.39, 0.29) is 0 Å². The number of aryl methyl sites for hydroxylation is 4. The lowest BCUT2D eigenvalue weighted by Crippen LogP contribution is -2.29. The van der Waals surface area contributed by atoms with E-state index < -0.39 is 7.92 Å². The van der Waals surface area contributed by atoms with Gasteiger partial charge in [0.25, 0.3) is 0 Å². The summed E-state index contributed by atoms with van der Waals surface area (Å²) in [5.74, 6) is 0.320. The highest BCUT2D eigenvalue weighted by molar-refractivity contribution is 7.80. The van der Waals surface area contributed by atoms with Crippen molar-refractivity contribution in [2.45, 2.75) is 55.4 Å². The third kappa shape index (κ3) is 5.43. The summed E-state index contributed by atoms with van der Waals surface area (Å²) in [5, 5.41) is 14.1. The van der Waals surface area contributed by atoms with Crippen molar-refractivity contribution in [2.75, 3.05) is 0 Å². The van der Waals surface area contributed by atoms with Crippen molar-refractivity contribution >= 4 is 23.8 Å². The summed E-state index contributed by atoms with van der Waals surface area (Å²) in [4.78, 5) is 0. The lowest BCUT2D eigenvalue weighted by Gasteiger charge is -2.29. The Morgan fingerprint density at radius 3 is 1.18 bits per heavy atom. The Bertz CT molecular complexity index is 1180. The first-order chi connectivity index (χ1) is 16.1. The fraction of sp³-hybridized carbons (Fsp3) is 0.250. The van der Waals surface area contributed by atoms with Gasteiger partial charge in [0, 0.05) is 0 Å². The molecule has 0 unspecified atom stereocenters. The largest absolute Gasteiger partial charge is 0.508 e. The zero-order chi connectivity index (χ0) is 25.0. The number of benzene rings is 4. The van der Waals surface area contributed by atoms with Crippen molar-refractivity contribution in [3.63, 3.8) is 0 Å². The quantitative estimate of drug-likeness (QED) is 0.313. The smallest absolute Gasteiger partial charge is 0.115 e. The predicted molar refractivity (Wildman–Crippen MR) is 151 cm³/mol. The van der Waals surface area contributed by atoms with Crippen molar-refractivity contribution in [1.29, 1.82) is 0 Å². The Kier molecular flexibility index (Phi) is 8.34. The molecule has 1 N–H and O–H groups in total. The van der Waals surface area contributed by atoms with Crippen LogP contribution in [0.1, 0.15) is 44.5 Å². The van der Waals surface area contributed by atoms with Crippen LogP contribution < -0.4 is 15.9 Å². The van der Waals surface area contributed by atoms with Crippen LogP contribution in [0.5, 0.6) is 5.75 Å². The van der Waals surface area contributed by atoms with Crippen LogP contribution in [0.2, 0.25) is 0 Å². The number of phenolic OH excluding ortho intramolecular Hbond substituents is 1. The second-order valence-corrected chi connectivity index (χ2v) is 11.3. The molecule has 0 atom stereocenters. The van der Waals surface area contributed by atoms with Gasteiger partial charge >= 0.3 is 0 Å². The molecule has 0 heterocycles. The molecule has 0 fully saturated rings. The molecule has 4 aromatic rings. The minimum absolute atomic E-state index is 0.320. The molecule has 0 aliphatic rings. The molecule has 0 bridgehead atoms. The SMILES string of the molecule is Cc1cc(C)c(P(c2ccc(O)cc2)c2c(C)cc(C)c(C)c2C)c(C)c1C.c1ccccc1. The van der Waals surface area contributed by atoms with Crippen LogP contribution in [0, 0.1) is 55.4 Å². The average molecular weight is 469 g/mol. The summed E-state index contributed by atoms with van der Waals surface area (Å²) in [6, 6.07) is 24.5. The summed E-state index contributed by atoms with van der Waals surface area (Å²) >= 11 is 0.